The molecule has 1 rings (SSSR count). The number of aliphatic carboxylic acids is 1. The van der Waals surface area contributed by atoms with Gasteiger partial charge in [-0.25, -0.2) is 4.79 Å². The van der Waals surface area contributed by atoms with E-state index in [9.17, 15) is 14.7 Å². The highest BCUT2D eigenvalue weighted by Gasteiger charge is 2.43. The van der Waals surface area contributed by atoms with Gasteiger partial charge in [0.1, 0.15) is 5.92 Å². The van der Waals surface area contributed by atoms with Crippen LogP contribution in [0.2, 0.25) is 0 Å². The second-order valence-corrected chi connectivity index (χ2v) is 3.70. The van der Waals surface area contributed by atoms with Crippen molar-refractivity contribution < 1.29 is 19.8 Å². The second kappa shape index (κ2) is 4.32. The summed E-state index contributed by atoms with van der Waals surface area (Å²) in [5.41, 5.74) is 3.29. The molecule has 0 radical (unpaired) electrons. The van der Waals surface area contributed by atoms with Crippen LogP contribution in [0.3, 0.4) is 0 Å². The van der Waals surface area contributed by atoms with Crippen molar-refractivity contribution in [2.24, 2.45) is 5.73 Å². The fourth-order valence-electron chi connectivity index (χ4n) is 1.53. The average Bonchev–Trinajstić information content (AvgIpc) is 2.18. The second-order valence-electron chi connectivity index (χ2n) is 3.70. The molecule has 0 saturated carbocycles. The molecule has 1 aromatic carbocycles. The summed E-state index contributed by atoms with van der Waals surface area (Å²) in [5.74, 6) is -3.63. The fraction of sp³-hybridized carbons (Fsp3) is 0.273. The SMILES string of the molecule is CC(O)(C(=O)O)C(C(N)=O)c1ccccc1. The third-order valence-corrected chi connectivity index (χ3v) is 2.41. The van der Waals surface area contributed by atoms with E-state index in [2.05, 4.69) is 0 Å². The van der Waals surface area contributed by atoms with Gasteiger partial charge in [0.05, 0.1) is 0 Å². The first-order valence-corrected chi connectivity index (χ1v) is 4.67. The number of carbonyl (C=O) groups excluding carboxylic acids is 1. The predicted molar refractivity (Wildman–Crippen MR) is 56.6 cm³/mol. The monoisotopic (exact) mass is 223 g/mol. The Hall–Kier alpha value is -1.88. The van der Waals surface area contributed by atoms with Gasteiger partial charge < -0.3 is 15.9 Å². The van der Waals surface area contributed by atoms with Crippen molar-refractivity contribution in [3.63, 3.8) is 0 Å². The molecule has 0 spiro atoms. The van der Waals surface area contributed by atoms with E-state index < -0.39 is 23.4 Å². The average molecular weight is 223 g/mol. The van der Waals surface area contributed by atoms with Gasteiger partial charge >= 0.3 is 5.97 Å². The Morgan fingerprint density at radius 3 is 2.19 bits per heavy atom. The first-order chi connectivity index (χ1) is 7.37. The molecule has 1 amide bonds. The molecule has 0 aliphatic carbocycles. The zero-order chi connectivity index (χ0) is 12.3. The van der Waals surface area contributed by atoms with Crippen LogP contribution in [-0.2, 0) is 9.59 Å². The molecule has 86 valence electrons. The maximum atomic E-state index is 11.2. The van der Waals surface area contributed by atoms with Crippen molar-refractivity contribution in [2.45, 2.75) is 18.4 Å². The highest BCUT2D eigenvalue weighted by molar-refractivity contribution is 5.91. The number of hydrogen-bond acceptors (Lipinski definition) is 3. The molecule has 2 unspecified atom stereocenters. The summed E-state index contributed by atoms with van der Waals surface area (Å²) in [6.45, 7) is 1.05. The van der Waals surface area contributed by atoms with Crippen molar-refractivity contribution in [3.8, 4) is 0 Å². The van der Waals surface area contributed by atoms with Gasteiger partial charge in [0, 0.05) is 0 Å². The number of carbonyl (C=O) groups is 2. The molecule has 0 aliphatic rings. The van der Waals surface area contributed by atoms with Crippen molar-refractivity contribution in [2.75, 3.05) is 0 Å². The first-order valence-electron chi connectivity index (χ1n) is 4.67. The number of rotatable bonds is 4. The van der Waals surface area contributed by atoms with Crippen LogP contribution in [0.5, 0.6) is 0 Å². The van der Waals surface area contributed by atoms with E-state index in [1.807, 2.05) is 0 Å². The number of carboxylic acid groups (broad SMARTS) is 1. The topological polar surface area (TPSA) is 101 Å². The van der Waals surface area contributed by atoms with E-state index in [1.54, 1.807) is 30.3 Å². The van der Waals surface area contributed by atoms with Crippen LogP contribution in [0.25, 0.3) is 0 Å². The highest BCUT2D eigenvalue weighted by atomic mass is 16.4. The van der Waals surface area contributed by atoms with E-state index in [0.29, 0.717) is 5.56 Å². The number of carboxylic acids is 1. The molecule has 0 bridgehead atoms. The minimum atomic E-state index is -2.22. The Labute approximate surface area is 92.5 Å². The highest BCUT2D eigenvalue weighted by Crippen LogP contribution is 2.28. The zero-order valence-electron chi connectivity index (χ0n) is 8.75. The minimum absolute atomic E-state index is 0.377. The third kappa shape index (κ3) is 2.20. The molecular weight excluding hydrogens is 210 g/mol. The number of primary amides is 1. The van der Waals surface area contributed by atoms with E-state index in [-0.39, 0.29) is 0 Å². The maximum absolute atomic E-state index is 11.2. The van der Waals surface area contributed by atoms with Crippen LogP contribution in [-0.4, -0.2) is 27.7 Å². The Bertz CT molecular complexity index is 400. The Balaban J connectivity index is 3.21. The number of aliphatic hydroxyl groups is 1. The van der Waals surface area contributed by atoms with Crippen LogP contribution in [0.4, 0.5) is 0 Å². The summed E-state index contributed by atoms with van der Waals surface area (Å²) < 4.78 is 0. The van der Waals surface area contributed by atoms with Crippen LogP contribution in [0.15, 0.2) is 30.3 Å². The van der Waals surface area contributed by atoms with E-state index >= 15 is 0 Å². The quantitative estimate of drug-likeness (QED) is 0.673. The van der Waals surface area contributed by atoms with Gasteiger partial charge in [0.15, 0.2) is 5.60 Å². The number of nitrogens with two attached hydrogens (primary N) is 1. The summed E-state index contributed by atoms with van der Waals surface area (Å²) in [7, 11) is 0. The largest absolute Gasteiger partial charge is 0.479 e. The number of hydrogen-bond donors (Lipinski definition) is 3. The van der Waals surface area contributed by atoms with Gasteiger partial charge in [-0.2, -0.15) is 0 Å². The van der Waals surface area contributed by atoms with Crippen molar-refractivity contribution >= 4 is 11.9 Å². The molecule has 1 aromatic rings. The lowest BCUT2D eigenvalue weighted by atomic mass is 9.83. The molecule has 16 heavy (non-hydrogen) atoms. The Kier molecular flexibility index (Phi) is 3.29. The number of amides is 1. The zero-order valence-corrected chi connectivity index (χ0v) is 8.75. The summed E-state index contributed by atoms with van der Waals surface area (Å²) in [6.07, 6.45) is 0. The van der Waals surface area contributed by atoms with Crippen LogP contribution >= 0.6 is 0 Å². The fourth-order valence-corrected chi connectivity index (χ4v) is 1.53. The van der Waals surface area contributed by atoms with Crippen LogP contribution in [0, 0.1) is 0 Å². The molecule has 0 fully saturated rings. The first kappa shape index (κ1) is 12.2. The number of benzene rings is 1. The molecular formula is C11H13NO4. The summed E-state index contributed by atoms with van der Waals surface area (Å²) in [5, 5.41) is 18.6. The molecule has 5 nitrogen and oxygen atoms in total. The van der Waals surface area contributed by atoms with Crippen LogP contribution < -0.4 is 5.73 Å². The molecule has 2 atom stereocenters. The Morgan fingerprint density at radius 1 is 1.31 bits per heavy atom. The van der Waals surface area contributed by atoms with Gasteiger partial charge in [-0.15, -0.1) is 0 Å². The molecule has 0 heterocycles. The summed E-state index contributed by atoms with van der Waals surface area (Å²) in [6, 6.07) is 8.10. The molecule has 0 saturated heterocycles. The standard InChI is InChI=1S/C11H13NO4/c1-11(16,10(14)15)8(9(12)13)7-5-3-2-4-6-7/h2-6,8,16H,1H3,(H2,12,13)(H,14,15). The lowest BCUT2D eigenvalue weighted by Crippen LogP contribution is -2.47. The maximum Gasteiger partial charge on any atom is 0.336 e. The van der Waals surface area contributed by atoms with E-state index in [4.69, 9.17) is 10.8 Å². The molecule has 0 aromatic heterocycles. The van der Waals surface area contributed by atoms with E-state index in [1.165, 1.54) is 0 Å². The van der Waals surface area contributed by atoms with Gasteiger partial charge in [0.2, 0.25) is 5.91 Å². The molecule has 5 heteroatoms. The van der Waals surface area contributed by atoms with E-state index in [0.717, 1.165) is 6.92 Å². The smallest absolute Gasteiger partial charge is 0.336 e. The predicted octanol–water partition coefficient (Wildman–Crippen LogP) is 0.0911. The van der Waals surface area contributed by atoms with Gasteiger partial charge in [0.25, 0.3) is 0 Å². The van der Waals surface area contributed by atoms with Gasteiger partial charge in [-0.1, -0.05) is 30.3 Å². The third-order valence-electron chi connectivity index (χ3n) is 2.41. The van der Waals surface area contributed by atoms with Gasteiger partial charge in [-0.05, 0) is 12.5 Å². The molecule has 4 N–H and O–H groups in total. The summed E-state index contributed by atoms with van der Waals surface area (Å²) >= 11 is 0. The van der Waals surface area contributed by atoms with Crippen molar-refractivity contribution in [1.29, 1.82) is 0 Å². The Morgan fingerprint density at radius 2 is 1.81 bits per heavy atom. The van der Waals surface area contributed by atoms with Gasteiger partial charge in [-0.3, -0.25) is 4.79 Å². The lowest BCUT2D eigenvalue weighted by Gasteiger charge is -2.26. The van der Waals surface area contributed by atoms with Crippen molar-refractivity contribution in [3.05, 3.63) is 35.9 Å². The van der Waals surface area contributed by atoms with Crippen LogP contribution in [0.1, 0.15) is 18.4 Å². The molecule has 0 aliphatic heterocycles. The lowest BCUT2D eigenvalue weighted by molar-refractivity contribution is -0.161. The summed E-state index contributed by atoms with van der Waals surface area (Å²) in [4.78, 5) is 22.1. The van der Waals surface area contributed by atoms with Crippen molar-refractivity contribution in [1.82, 2.24) is 0 Å². The minimum Gasteiger partial charge on any atom is -0.479 e. The normalized spacial score (nSPS) is 16.1.